The van der Waals surface area contributed by atoms with Gasteiger partial charge in [0.15, 0.2) is 0 Å². The first-order valence-corrected chi connectivity index (χ1v) is 6.09. The van der Waals surface area contributed by atoms with E-state index in [0.29, 0.717) is 16.5 Å². The van der Waals surface area contributed by atoms with Gasteiger partial charge in [-0.05, 0) is 31.0 Å². The van der Waals surface area contributed by atoms with Gasteiger partial charge in [-0.25, -0.2) is 0 Å². The minimum Gasteiger partial charge on any atom is -0.481 e. The zero-order valence-electron chi connectivity index (χ0n) is 9.49. The quantitative estimate of drug-likeness (QED) is 0.801. The first kappa shape index (κ1) is 14.1. The maximum Gasteiger partial charge on any atom is 0.303 e. The average molecular weight is 273 g/mol. The van der Waals surface area contributed by atoms with Crippen molar-refractivity contribution in [3.8, 4) is 0 Å². The van der Waals surface area contributed by atoms with E-state index in [2.05, 4.69) is 0 Å². The zero-order valence-corrected chi connectivity index (χ0v) is 11.0. The molecule has 0 aliphatic carbocycles. The first-order chi connectivity index (χ1) is 8.04. The highest BCUT2D eigenvalue weighted by Gasteiger charge is 2.11. The van der Waals surface area contributed by atoms with Gasteiger partial charge in [-0.3, -0.25) is 4.79 Å². The molecule has 0 aliphatic rings. The Bertz CT molecular complexity index is 427. The molecule has 0 spiro atoms. The van der Waals surface area contributed by atoms with Gasteiger partial charge in [0.05, 0.1) is 10.0 Å². The third kappa shape index (κ3) is 4.41. The lowest BCUT2D eigenvalue weighted by molar-refractivity contribution is -0.137. The maximum absolute atomic E-state index is 10.6. The van der Waals surface area contributed by atoms with Crippen LogP contribution in [0.1, 0.15) is 31.2 Å². The minimum atomic E-state index is -0.792. The highest BCUT2D eigenvalue weighted by atomic mass is 35.5. The molecule has 1 aromatic rings. The Kier molecular flexibility index (Phi) is 5.52. The number of hydrogen-bond donors (Lipinski definition) is 1. The molecule has 17 heavy (non-hydrogen) atoms. The van der Waals surface area contributed by atoms with Gasteiger partial charge in [-0.15, -0.1) is 0 Å². The Hall–Kier alpha value is -0.990. The van der Waals surface area contributed by atoms with E-state index in [1.54, 1.807) is 12.1 Å². The molecule has 0 fully saturated rings. The third-order valence-corrected chi connectivity index (χ3v) is 3.20. The summed E-state index contributed by atoms with van der Waals surface area (Å²) >= 11 is 11.8. The van der Waals surface area contributed by atoms with E-state index < -0.39 is 5.97 Å². The highest BCUT2D eigenvalue weighted by molar-refractivity contribution is 6.42. The second kappa shape index (κ2) is 6.67. The smallest absolute Gasteiger partial charge is 0.303 e. The van der Waals surface area contributed by atoms with Crippen LogP contribution in [0, 0.1) is 0 Å². The van der Waals surface area contributed by atoms with Crippen LogP contribution in [0.4, 0.5) is 0 Å². The molecule has 0 bridgehead atoms. The second-order valence-corrected chi connectivity index (χ2v) is 4.55. The lowest BCUT2D eigenvalue weighted by atomic mass is 9.94. The molecule has 92 valence electrons. The summed E-state index contributed by atoms with van der Waals surface area (Å²) in [6.45, 7) is 1.91. The molecule has 2 nitrogen and oxygen atoms in total. The summed E-state index contributed by atoms with van der Waals surface area (Å²) in [7, 11) is 0. The monoisotopic (exact) mass is 272 g/mol. The first-order valence-electron chi connectivity index (χ1n) is 5.34. The molecule has 4 heteroatoms. The fraction of sp³-hybridized carbons (Fsp3) is 0.308. The molecule has 1 N–H and O–H groups in total. The Morgan fingerprint density at radius 1 is 1.41 bits per heavy atom. The molecule has 0 radical (unpaired) electrons. The summed E-state index contributed by atoms with van der Waals surface area (Å²) in [5, 5.41) is 9.71. The van der Waals surface area contributed by atoms with Crippen molar-refractivity contribution < 1.29 is 9.90 Å². The molecule has 0 saturated heterocycles. The molecule has 0 heterocycles. The summed E-state index contributed by atoms with van der Waals surface area (Å²) in [6, 6.07) is 5.40. The molecule has 0 saturated carbocycles. The highest BCUT2D eigenvalue weighted by Crippen LogP contribution is 2.29. The topological polar surface area (TPSA) is 37.3 Å². The number of carboxylic acid groups (broad SMARTS) is 1. The number of rotatable bonds is 5. The number of carbonyl (C=O) groups is 1. The van der Waals surface area contributed by atoms with E-state index in [9.17, 15) is 4.79 Å². The normalized spacial score (nSPS) is 12.9. The number of halogens is 2. The van der Waals surface area contributed by atoms with E-state index in [1.165, 1.54) is 0 Å². The Morgan fingerprint density at radius 2 is 2.12 bits per heavy atom. The van der Waals surface area contributed by atoms with Crippen molar-refractivity contribution in [2.75, 3.05) is 0 Å². The van der Waals surface area contributed by atoms with Crippen LogP contribution >= 0.6 is 23.2 Å². The number of allylic oxidation sites excluding steroid dienone is 2. The van der Waals surface area contributed by atoms with Crippen molar-refractivity contribution >= 4 is 29.2 Å². The summed E-state index contributed by atoms with van der Waals surface area (Å²) in [5.74, 6) is -0.731. The van der Waals surface area contributed by atoms with Crippen molar-refractivity contribution in [1.82, 2.24) is 0 Å². The Morgan fingerprint density at radius 3 is 2.65 bits per heavy atom. The van der Waals surface area contributed by atoms with Gasteiger partial charge in [-0.2, -0.15) is 0 Å². The molecule has 1 atom stereocenters. The third-order valence-electron chi connectivity index (χ3n) is 2.47. The Balaban J connectivity index is 2.89. The minimum absolute atomic E-state index is 0.0610. The van der Waals surface area contributed by atoms with E-state index >= 15 is 0 Å². The second-order valence-electron chi connectivity index (χ2n) is 3.74. The van der Waals surface area contributed by atoms with Crippen LogP contribution in [-0.2, 0) is 4.79 Å². The van der Waals surface area contributed by atoms with E-state index in [0.717, 1.165) is 5.56 Å². The summed E-state index contributed by atoms with van der Waals surface area (Å²) in [6.07, 6.45) is 4.57. The van der Waals surface area contributed by atoms with Crippen LogP contribution in [0.2, 0.25) is 10.0 Å². The van der Waals surface area contributed by atoms with Gasteiger partial charge >= 0.3 is 5.97 Å². The fourth-order valence-corrected chi connectivity index (χ4v) is 1.93. The molecule has 0 aliphatic heterocycles. The standard InChI is InChI=1S/C13H14Cl2O2/c1-2-3-9(5-7-13(16)17)10-4-6-11(14)12(15)8-10/h2-4,6,8-9H,5,7H2,1H3,(H,16,17). The van der Waals surface area contributed by atoms with Gasteiger partial charge in [0.25, 0.3) is 0 Å². The molecule has 0 amide bonds. The summed E-state index contributed by atoms with van der Waals surface area (Å²) in [5.41, 5.74) is 0.985. The SMILES string of the molecule is CC=CC(CCC(=O)O)c1ccc(Cl)c(Cl)c1. The predicted molar refractivity (Wildman–Crippen MR) is 70.9 cm³/mol. The van der Waals surface area contributed by atoms with Gasteiger partial charge in [0.2, 0.25) is 0 Å². The molecule has 0 aromatic heterocycles. The molecular formula is C13H14Cl2O2. The van der Waals surface area contributed by atoms with Crippen LogP contribution in [0.3, 0.4) is 0 Å². The van der Waals surface area contributed by atoms with Gasteiger partial charge in [0.1, 0.15) is 0 Å². The number of hydrogen-bond acceptors (Lipinski definition) is 1. The van der Waals surface area contributed by atoms with Gasteiger partial charge in [-0.1, -0.05) is 41.4 Å². The largest absolute Gasteiger partial charge is 0.481 e. The maximum atomic E-state index is 10.6. The zero-order chi connectivity index (χ0) is 12.8. The average Bonchev–Trinajstić information content (AvgIpc) is 2.28. The summed E-state index contributed by atoms with van der Waals surface area (Å²) < 4.78 is 0. The molecule has 1 unspecified atom stereocenters. The predicted octanol–water partition coefficient (Wildman–Crippen LogP) is 4.52. The molecule has 1 rings (SSSR count). The summed E-state index contributed by atoms with van der Waals surface area (Å²) in [4.78, 5) is 10.6. The van der Waals surface area contributed by atoms with Crippen LogP contribution < -0.4 is 0 Å². The fourth-order valence-electron chi connectivity index (χ4n) is 1.63. The lowest BCUT2D eigenvalue weighted by Gasteiger charge is -2.12. The van der Waals surface area contributed by atoms with E-state index in [-0.39, 0.29) is 12.3 Å². The van der Waals surface area contributed by atoms with Crippen LogP contribution in [-0.4, -0.2) is 11.1 Å². The number of carboxylic acids is 1. The van der Waals surface area contributed by atoms with E-state index in [4.69, 9.17) is 28.3 Å². The number of benzene rings is 1. The van der Waals surface area contributed by atoms with Gasteiger partial charge in [0, 0.05) is 12.3 Å². The lowest BCUT2D eigenvalue weighted by Crippen LogP contribution is -2.01. The van der Waals surface area contributed by atoms with Crippen molar-refractivity contribution in [2.24, 2.45) is 0 Å². The van der Waals surface area contributed by atoms with Crippen LogP contribution in [0.25, 0.3) is 0 Å². The van der Waals surface area contributed by atoms with Crippen LogP contribution in [0.5, 0.6) is 0 Å². The van der Waals surface area contributed by atoms with Gasteiger partial charge < -0.3 is 5.11 Å². The molecule has 1 aromatic carbocycles. The van der Waals surface area contributed by atoms with Crippen molar-refractivity contribution in [1.29, 1.82) is 0 Å². The van der Waals surface area contributed by atoms with Crippen molar-refractivity contribution in [2.45, 2.75) is 25.7 Å². The van der Waals surface area contributed by atoms with Crippen molar-refractivity contribution in [3.05, 3.63) is 46.0 Å². The van der Waals surface area contributed by atoms with Crippen molar-refractivity contribution in [3.63, 3.8) is 0 Å². The molecular weight excluding hydrogens is 259 g/mol. The van der Waals surface area contributed by atoms with Crippen LogP contribution in [0.15, 0.2) is 30.4 Å². The van der Waals surface area contributed by atoms with E-state index in [1.807, 2.05) is 25.1 Å². The Labute approximate surface area is 111 Å². The number of aliphatic carboxylic acids is 1.